The van der Waals surface area contributed by atoms with Gasteiger partial charge in [0, 0.05) is 24.7 Å². The Morgan fingerprint density at radius 1 is 1.10 bits per heavy atom. The third kappa shape index (κ3) is 2.54. The highest BCUT2D eigenvalue weighted by Gasteiger charge is 2.25. The summed E-state index contributed by atoms with van der Waals surface area (Å²) in [7, 11) is 0. The molecule has 1 fully saturated rings. The van der Waals surface area contributed by atoms with Crippen LogP contribution in [0, 0.1) is 5.92 Å². The van der Waals surface area contributed by atoms with Gasteiger partial charge in [0.25, 0.3) is 0 Å². The van der Waals surface area contributed by atoms with E-state index in [-0.39, 0.29) is 5.92 Å². The first-order valence-electron chi connectivity index (χ1n) is 6.87. The Morgan fingerprint density at radius 2 is 1.80 bits per heavy atom. The molecule has 3 rings (SSSR count). The Hall–Kier alpha value is -2.23. The third-order valence-electron chi connectivity index (χ3n) is 3.81. The molecular weight excluding hydrogens is 254 g/mol. The lowest BCUT2D eigenvalue weighted by atomic mass is 9.97. The Bertz CT molecular complexity index is 583. The number of piperidine rings is 1. The van der Waals surface area contributed by atoms with Crippen LogP contribution in [0.25, 0.3) is 11.3 Å². The van der Waals surface area contributed by atoms with E-state index in [1.165, 1.54) is 0 Å². The van der Waals surface area contributed by atoms with Crippen molar-refractivity contribution in [3.8, 4) is 11.3 Å². The van der Waals surface area contributed by atoms with E-state index in [1.807, 2.05) is 42.5 Å². The van der Waals surface area contributed by atoms with Gasteiger partial charge in [0.05, 0.1) is 5.92 Å². The Balaban J connectivity index is 1.71. The number of nitrogens with zero attached hydrogens (tertiary/aromatic N) is 1. The number of furan rings is 1. The summed E-state index contributed by atoms with van der Waals surface area (Å²) >= 11 is 0. The first kappa shape index (κ1) is 12.8. The Morgan fingerprint density at radius 3 is 2.45 bits per heavy atom. The fourth-order valence-electron chi connectivity index (χ4n) is 2.60. The zero-order chi connectivity index (χ0) is 13.9. The molecule has 4 nitrogen and oxygen atoms in total. The van der Waals surface area contributed by atoms with Gasteiger partial charge in [0.1, 0.15) is 5.76 Å². The number of carbonyl (C=O) groups is 1. The summed E-state index contributed by atoms with van der Waals surface area (Å²) in [6.07, 6.45) is 1.35. The minimum atomic E-state index is -0.686. The van der Waals surface area contributed by atoms with Crippen molar-refractivity contribution < 1.29 is 14.3 Å². The minimum absolute atomic E-state index is 0.213. The number of rotatable bonds is 3. The first-order valence-corrected chi connectivity index (χ1v) is 6.87. The lowest BCUT2D eigenvalue weighted by Gasteiger charge is -2.29. The summed E-state index contributed by atoms with van der Waals surface area (Å²) in [4.78, 5) is 13.1. The Kier molecular flexibility index (Phi) is 3.46. The van der Waals surface area contributed by atoms with Crippen molar-refractivity contribution in [3.05, 3.63) is 42.5 Å². The first-order chi connectivity index (χ1) is 9.74. The summed E-state index contributed by atoms with van der Waals surface area (Å²) in [6.45, 7) is 1.47. The normalized spacial score (nSPS) is 16.3. The van der Waals surface area contributed by atoms with E-state index in [0.29, 0.717) is 12.8 Å². The van der Waals surface area contributed by atoms with E-state index in [1.54, 1.807) is 0 Å². The number of anilines is 1. The largest absolute Gasteiger partial charge is 0.481 e. The minimum Gasteiger partial charge on any atom is -0.481 e. The lowest BCUT2D eigenvalue weighted by Crippen LogP contribution is -2.36. The molecule has 4 heteroatoms. The lowest BCUT2D eigenvalue weighted by molar-refractivity contribution is -0.142. The van der Waals surface area contributed by atoms with Crippen molar-refractivity contribution in [1.82, 2.24) is 0 Å². The molecule has 104 valence electrons. The van der Waals surface area contributed by atoms with E-state index >= 15 is 0 Å². The molecule has 0 aliphatic carbocycles. The second-order valence-corrected chi connectivity index (χ2v) is 5.10. The molecular formula is C16H17NO3. The molecule has 1 N–H and O–H groups in total. The van der Waals surface area contributed by atoms with Gasteiger partial charge in [-0.25, -0.2) is 0 Å². The molecule has 1 saturated heterocycles. The zero-order valence-corrected chi connectivity index (χ0v) is 11.2. The van der Waals surface area contributed by atoms with Crippen LogP contribution >= 0.6 is 0 Å². The van der Waals surface area contributed by atoms with E-state index in [0.717, 1.165) is 30.3 Å². The molecule has 20 heavy (non-hydrogen) atoms. The van der Waals surface area contributed by atoms with E-state index in [9.17, 15) is 4.79 Å². The van der Waals surface area contributed by atoms with Crippen molar-refractivity contribution in [2.24, 2.45) is 5.92 Å². The topological polar surface area (TPSA) is 53.7 Å². The molecule has 2 heterocycles. The van der Waals surface area contributed by atoms with Crippen LogP contribution in [0.3, 0.4) is 0 Å². The quantitative estimate of drug-likeness (QED) is 0.931. The van der Waals surface area contributed by atoms with Crippen LogP contribution in [0.2, 0.25) is 0 Å². The second-order valence-electron chi connectivity index (χ2n) is 5.10. The van der Waals surface area contributed by atoms with Gasteiger partial charge in [0.2, 0.25) is 0 Å². The number of hydrogen-bond donors (Lipinski definition) is 1. The van der Waals surface area contributed by atoms with Crippen LogP contribution in [0.5, 0.6) is 0 Å². The maximum Gasteiger partial charge on any atom is 0.306 e. The van der Waals surface area contributed by atoms with Gasteiger partial charge in [-0.2, -0.15) is 0 Å². The molecule has 2 aromatic rings. The fraction of sp³-hybridized carbons (Fsp3) is 0.312. The van der Waals surface area contributed by atoms with Crippen molar-refractivity contribution in [2.75, 3.05) is 18.0 Å². The Labute approximate surface area is 117 Å². The van der Waals surface area contributed by atoms with E-state index in [2.05, 4.69) is 4.90 Å². The van der Waals surface area contributed by atoms with Crippen LogP contribution in [0.1, 0.15) is 12.8 Å². The number of aliphatic carboxylic acids is 1. The molecule has 0 spiro atoms. The standard InChI is InChI=1S/C16H17NO3/c18-16(19)13-8-10-17(11-9-13)15-7-6-14(20-15)12-4-2-1-3-5-12/h1-7,13H,8-11H2,(H,18,19). The monoisotopic (exact) mass is 271 g/mol. The van der Waals surface area contributed by atoms with Crippen molar-refractivity contribution >= 4 is 11.9 Å². The van der Waals surface area contributed by atoms with Gasteiger partial charge >= 0.3 is 5.97 Å². The summed E-state index contributed by atoms with van der Waals surface area (Å²) in [6, 6.07) is 13.9. The molecule has 0 amide bonds. The average Bonchev–Trinajstić information content (AvgIpc) is 2.98. The van der Waals surface area contributed by atoms with Crippen molar-refractivity contribution in [3.63, 3.8) is 0 Å². The predicted molar refractivity (Wildman–Crippen MR) is 76.7 cm³/mol. The molecule has 1 aliphatic heterocycles. The van der Waals surface area contributed by atoms with Gasteiger partial charge in [0.15, 0.2) is 5.88 Å². The second kappa shape index (κ2) is 5.41. The fourth-order valence-corrected chi connectivity index (χ4v) is 2.60. The summed E-state index contributed by atoms with van der Waals surface area (Å²) in [5.74, 6) is 0.775. The van der Waals surface area contributed by atoms with E-state index in [4.69, 9.17) is 9.52 Å². The van der Waals surface area contributed by atoms with Crippen molar-refractivity contribution in [2.45, 2.75) is 12.8 Å². The summed E-state index contributed by atoms with van der Waals surface area (Å²) < 4.78 is 5.88. The summed E-state index contributed by atoms with van der Waals surface area (Å²) in [5.41, 5.74) is 1.05. The smallest absolute Gasteiger partial charge is 0.306 e. The number of hydrogen-bond acceptors (Lipinski definition) is 3. The molecule has 1 aliphatic rings. The average molecular weight is 271 g/mol. The van der Waals surface area contributed by atoms with Crippen LogP contribution in [0.4, 0.5) is 5.88 Å². The molecule has 0 saturated carbocycles. The van der Waals surface area contributed by atoms with Crippen LogP contribution in [0.15, 0.2) is 46.9 Å². The van der Waals surface area contributed by atoms with Crippen LogP contribution in [-0.2, 0) is 4.79 Å². The van der Waals surface area contributed by atoms with Crippen LogP contribution < -0.4 is 4.90 Å². The van der Waals surface area contributed by atoms with Gasteiger partial charge in [-0.05, 0) is 18.9 Å². The number of benzene rings is 1. The summed E-state index contributed by atoms with van der Waals surface area (Å²) in [5, 5.41) is 9.01. The van der Waals surface area contributed by atoms with Gasteiger partial charge < -0.3 is 14.4 Å². The molecule has 0 atom stereocenters. The number of carboxylic acids is 1. The van der Waals surface area contributed by atoms with Gasteiger partial charge in [-0.15, -0.1) is 0 Å². The SMILES string of the molecule is O=C(O)C1CCN(c2ccc(-c3ccccc3)o2)CC1. The highest BCUT2D eigenvalue weighted by molar-refractivity contribution is 5.70. The van der Waals surface area contributed by atoms with Gasteiger partial charge in [-0.1, -0.05) is 30.3 Å². The molecule has 0 unspecified atom stereocenters. The van der Waals surface area contributed by atoms with Gasteiger partial charge in [-0.3, -0.25) is 4.79 Å². The molecule has 0 bridgehead atoms. The zero-order valence-electron chi connectivity index (χ0n) is 11.2. The molecule has 1 aromatic carbocycles. The van der Waals surface area contributed by atoms with E-state index < -0.39 is 5.97 Å². The molecule has 0 radical (unpaired) electrons. The molecule has 1 aromatic heterocycles. The highest BCUT2D eigenvalue weighted by atomic mass is 16.4. The van der Waals surface area contributed by atoms with Crippen LogP contribution in [-0.4, -0.2) is 24.2 Å². The third-order valence-corrected chi connectivity index (χ3v) is 3.81. The number of carboxylic acid groups (broad SMARTS) is 1. The van der Waals surface area contributed by atoms with Crippen molar-refractivity contribution in [1.29, 1.82) is 0 Å². The maximum absolute atomic E-state index is 10.9. The predicted octanol–water partition coefficient (Wildman–Crippen LogP) is 3.25. The highest BCUT2D eigenvalue weighted by Crippen LogP contribution is 2.29. The maximum atomic E-state index is 10.9.